The number of carbonyl (C=O) groups is 1. The predicted molar refractivity (Wildman–Crippen MR) is 113 cm³/mol. The quantitative estimate of drug-likeness (QED) is 0.281. The Labute approximate surface area is 179 Å². The van der Waals surface area contributed by atoms with Crippen molar-refractivity contribution in [3.63, 3.8) is 0 Å². The summed E-state index contributed by atoms with van der Waals surface area (Å²) in [7, 11) is -4.06. The minimum Gasteiger partial charge on any atom is -0.450 e. The van der Waals surface area contributed by atoms with E-state index in [9.17, 15) is 13.2 Å². The predicted octanol–water partition coefficient (Wildman–Crippen LogP) is 4.73. The molecule has 9 heteroatoms. The molecule has 1 N–H and O–H groups in total. The number of oxime groups is 1. The van der Waals surface area contributed by atoms with Crippen LogP contribution in [0.25, 0.3) is 0 Å². The average molecular weight is 438 g/mol. The molecule has 1 amide bonds. The molecule has 4 rings (SSSR count). The molecule has 1 aliphatic rings. The first-order valence-electron chi connectivity index (χ1n) is 9.26. The van der Waals surface area contributed by atoms with Crippen molar-refractivity contribution in [2.45, 2.75) is 18.7 Å². The maximum absolute atomic E-state index is 12.2. The van der Waals surface area contributed by atoms with Crippen LogP contribution in [-0.2, 0) is 14.9 Å². The Balaban J connectivity index is 1.44. The molecule has 0 aliphatic carbocycles. The van der Waals surface area contributed by atoms with Gasteiger partial charge >= 0.3 is 6.09 Å². The Morgan fingerprint density at radius 1 is 0.903 bits per heavy atom. The summed E-state index contributed by atoms with van der Waals surface area (Å²) < 4.78 is 37.9. The number of fused-ring (bicyclic) bond motifs is 2. The van der Waals surface area contributed by atoms with Gasteiger partial charge in [0, 0.05) is 5.56 Å². The lowest BCUT2D eigenvalue weighted by molar-refractivity contribution is 0.157. The summed E-state index contributed by atoms with van der Waals surface area (Å²) in [6.45, 7) is 3.44. The normalized spacial score (nSPS) is 12.6. The number of benzene rings is 3. The lowest BCUT2D eigenvalue weighted by Gasteiger charge is -2.20. The van der Waals surface area contributed by atoms with Crippen LogP contribution < -0.4 is 14.2 Å². The number of nitrogens with one attached hydrogen (secondary N) is 1. The van der Waals surface area contributed by atoms with Gasteiger partial charge in [-0.05, 0) is 56.3 Å². The van der Waals surface area contributed by atoms with Crippen molar-refractivity contribution in [3.8, 4) is 23.0 Å². The third-order valence-electron chi connectivity index (χ3n) is 4.46. The number of rotatable bonds is 4. The van der Waals surface area contributed by atoms with Crippen LogP contribution in [0.4, 0.5) is 4.79 Å². The first kappa shape index (κ1) is 20.4. The van der Waals surface area contributed by atoms with Gasteiger partial charge in [0.15, 0.2) is 23.0 Å². The van der Waals surface area contributed by atoms with Gasteiger partial charge in [-0.2, -0.15) is 0 Å². The largest absolute Gasteiger partial charge is 0.450 e. The fourth-order valence-corrected chi connectivity index (χ4v) is 3.69. The molecule has 0 fully saturated rings. The molecular weight excluding hydrogens is 420 g/mol. The number of carbonyl (C=O) groups excluding carboxylic acids is 1. The number of sulfonamides is 1. The van der Waals surface area contributed by atoms with E-state index in [4.69, 9.17) is 14.3 Å². The first-order valence-corrected chi connectivity index (χ1v) is 10.7. The molecule has 0 unspecified atom stereocenters. The zero-order valence-electron chi connectivity index (χ0n) is 16.7. The molecule has 3 aromatic rings. The number of hydrogen-bond acceptors (Lipinski definition) is 7. The second-order valence-corrected chi connectivity index (χ2v) is 8.47. The monoisotopic (exact) mass is 438 g/mol. The molecule has 1 heterocycles. The fraction of sp³-hybridized carbons (Fsp3) is 0.0909. The van der Waals surface area contributed by atoms with E-state index >= 15 is 0 Å². The number of nitrogens with zero attached hydrogens (tertiary/aromatic N) is 1. The molecule has 31 heavy (non-hydrogen) atoms. The molecule has 0 aromatic heterocycles. The van der Waals surface area contributed by atoms with Crippen LogP contribution in [0.1, 0.15) is 18.1 Å². The highest BCUT2D eigenvalue weighted by molar-refractivity contribution is 7.90. The van der Waals surface area contributed by atoms with Crippen LogP contribution in [0.2, 0.25) is 0 Å². The summed E-state index contributed by atoms with van der Waals surface area (Å²) in [5, 5.41) is 3.72. The minimum absolute atomic E-state index is 0.0529. The number of para-hydroxylation sites is 2. The summed E-state index contributed by atoms with van der Waals surface area (Å²) in [5.41, 5.74) is 1.84. The Bertz CT molecular complexity index is 1280. The van der Waals surface area contributed by atoms with E-state index in [1.807, 2.05) is 23.8 Å². The van der Waals surface area contributed by atoms with E-state index in [0.29, 0.717) is 34.3 Å². The maximum Gasteiger partial charge on any atom is 0.447 e. The van der Waals surface area contributed by atoms with E-state index in [2.05, 4.69) is 5.16 Å². The summed E-state index contributed by atoms with van der Waals surface area (Å²) in [5.74, 6) is 2.22. The molecule has 0 saturated carbocycles. The Morgan fingerprint density at radius 3 is 2.19 bits per heavy atom. The second kappa shape index (κ2) is 8.11. The lowest BCUT2D eigenvalue weighted by atomic mass is 10.1. The van der Waals surface area contributed by atoms with Crippen LogP contribution >= 0.6 is 0 Å². The van der Waals surface area contributed by atoms with E-state index in [-0.39, 0.29) is 4.90 Å². The highest BCUT2D eigenvalue weighted by Gasteiger charge is 2.20. The molecule has 0 atom stereocenters. The van der Waals surface area contributed by atoms with Crippen LogP contribution in [0.3, 0.4) is 0 Å². The van der Waals surface area contributed by atoms with E-state index in [1.54, 1.807) is 49.4 Å². The Hall–Kier alpha value is -3.85. The molecule has 0 radical (unpaired) electrons. The smallest absolute Gasteiger partial charge is 0.447 e. The van der Waals surface area contributed by atoms with Gasteiger partial charge in [0.25, 0.3) is 10.0 Å². The standard InChI is InChI=1S/C22H18N2O6S/c1-14-7-10-17(11-8-14)31(26,27)24-22(25)30-23-15(2)16-9-12-20-21(13-16)29-19-6-4-3-5-18(19)28-20/h3-13H,1-2H3,(H,24,25). The second-order valence-electron chi connectivity index (χ2n) is 6.79. The summed E-state index contributed by atoms with van der Waals surface area (Å²) in [4.78, 5) is 16.6. The number of hydrogen-bond donors (Lipinski definition) is 1. The van der Waals surface area contributed by atoms with Gasteiger partial charge < -0.3 is 9.47 Å². The highest BCUT2D eigenvalue weighted by Crippen LogP contribution is 2.45. The van der Waals surface area contributed by atoms with Gasteiger partial charge in [0.05, 0.1) is 10.6 Å². The van der Waals surface area contributed by atoms with Crippen LogP contribution in [0.5, 0.6) is 23.0 Å². The van der Waals surface area contributed by atoms with Gasteiger partial charge in [0.2, 0.25) is 0 Å². The molecule has 0 saturated heterocycles. The van der Waals surface area contributed by atoms with Crippen molar-refractivity contribution in [2.75, 3.05) is 0 Å². The van der Waals surface area contributed by atoms with Gasteiger partial charge in [0.1, 0.15) is 0 Å². The lowest BCUT2D eigenvalue weighted by Crippen LogP contribution is -2.30. The van der Waals surface area contributed by atoms with Crippen molar-refractivity contribution in [1.29, 1.82) is 0 Å². The van der Waals surface area contributed by atoms with Crippen molar-refractivity contribution >= 4 is 21.8 Å². The van der Waals surface area contributed by atoms with Crippen molar-refractivity contribution < 1.29 is 27.5 Å². The third-order valence-corrected chi connectivity index (χ3v) is 5.79. The van der Waals surface area contributed by atoms with Crippen LogP contribution in [-0.4, -0.2) is 20.2 Å². The topological polar surface area (TPSA) is 103 Å². The molecule has 0 spiro atoms. The van der Waals surface area contributed by atoms with E-state index < -0.39 is 16.1 Å². The van der Waals surface area contributed by atoms with Crippen LogP contribution in [0.15, 0.2) is 76.8 Å². The Morgan fingerprint density at radius 2 is 1.52 bits per heavy atom. The first-order chi connectivity index (χ1) is 14.8. The molecule has 3 aromatic carbocycles. The number of ether oxygens (including phenoxy) is 2. The molecule has 0 bridgehead atoms. The van der Waals surface area contributed by atoms with Gasteiger partial charge in [-0.25, -0.2) is 17.9 Å². The average Bonchev–Trinajstić information content (AvgIpc) is 2.75. The van der Waals surface area contributed by atoms with Crippen molar-refractivity contribution in [3.05, 3.63) is 77.9 Å². The number of aryl methyl sites for hydroxylation is 1. The molecule has 1 aliphatic heterocycles. The van der Waals surface area contributed by atoms with Crippen molar-refractivity contribution in [2.24, 2.45) is 5.16 Å². The highest BCUT2D eigenvalue weighted by atomic mass is 32.2. The zero-order chi connectivity index (χ0) is 22.0. The van der Waals surface area contributed by atoms with Crippen LogP contribution in [0, 0.1) is 6.92 Å². The minimum atomic E-state index is -4.06. The summed E-state index contributed by atoms with van der Waals surface area (Å²) in [6.07, 6.45) is -1.22. The molecule has 158 valence electrons. The Kier molecular flexibility index (Phi) is 5.35. The van der Waals surface area contributed by atoms with Gasteiger partial charge in [-0.1, -0.05) is 35.0 Å². The third kappa shape index (κ3) is 4.51. The van der Waals surface area contributed by atoms with Gasteiger partial charge in [-0.15, -0.1) is 0 Å². The SMILES string of the molecule is CC(=NOC(=O)NS(=O)(=O)c1ccc(C)cc1)c1ccc2c(c1)Oc1ccccc1O2. The maximum atomic E-state index is 12.2. The number of amides is 1. The van der Waals surface area contributed by atoms with E-state index in [0.717, 1.165) is 5.56 Å². The van der Waals surface area contributed by atoms with Gasteiger partial charge in [-0.3, -0.25) is 4.84 Å². The fourth-order valence-electron chi connectivity index (χ4n) is 2.82. The summed E-state index contributed by atoms with van der Waals surface area (Å²) in [6, 6.07) is 18.4. The zero-order valence-corrected chi connectivity index (χ0v) is 17.5. The molecule has 8 nitrogen and oxygen atoms in total. The van der Waals surface area contributed by atoms with E-state index in [1.165, 1.54) is 12.1 Å². The summed E-state index contributed by atoms with van der Waals surface area (Å²) >= 11 is 0. The van der Waals surface area contributed by atoms with Crippen molar-refractivity contribution in [1.82, 2.24) is 4.72 Å². The molecular formula is C22H18N2O6S.